The molecule has 1 saturated heterocycles. The van der Waals surface area contributed by atoms with Gasteiger partial charge in [-0.15, -0.1) is 0 Å². The van der Waals surface area contributed by atoms with Gasteiger partial charge in [-0.25, -0.2) is 0 Å². The Morgan fingerprint density at radius 3 is 2.55 bits per heavy atom. The minimum atomic E-state index is -0.236. The second-order valence-electron chi connectivity index (χ2n) is 4.82. The second-order valence-corrected chi connectivity index (χ2v) is 4.82. The molecule has 0 aliphatic carbocycles. The molecule has 1 aromatic carbocycles. The fraction of sp³-hybridized carbons (Fsp3) is 0.400. The SMILES string of the molecule is CC(=O)N(CC(=O)N1CCCC1)c1ccccc1C#N. The third-order valence-electron chi connectivity index (χ3n) is 3.45. The van der Waals surface area contributed by atoms with Crippen molar-refractivity contribution >= 4 is 17.5 Å². The number of nitrogens with zero attached hydrogens (tertiary/aromatic N) is 3. The van der Waals surface area contributed by atoms with Crippen molar-refractivity contribution in [3.05, 3.63) is 29.8 Å². The fourth-order valence-electron chi connectivity index (χ4n) is 2.37. The molecule has 1 aromatic rings. The molecule has 5 nitrogen and oxygen atoms in total. The maximum atomic E-state index is 12.2. The summed E-state index contributed by atoms with van der Waals surface area (Å²) >= 11 is 0. The highest BCUT2D eigenvalue weighted by Crippen LogP contribution is 2.20. The Balaban J connectivity index is 2.21. The average Bonchev–Trinajstić information content (AvgIpc) is 2.98. The fourth-order valence-corrected chi connectivity index (χ4v) is 2.37. The molecule has 0 spiro atoms. The van der Waals surface area contributed by atoms with Gasteiger partial charge in [-0.2, -0.15) is 5.26 Å². The van der Waals surface area contributed by atoms with Crippen LogP contribution < -0.4 is 4.90 Å². The molecule has 1 fully saturated rings. The molecule has 0 aromatic heterocycles. The molecule has 2 rings (SSSR count). The zero-order chi connectivity index (χ0) is 14.5. The van der Waals surface area contributed by atoms with Crippen molar-refractivity contribution in [3.63, 3.8) is 0 Å². The summed E-state index contributed by atoms with van der Waals surface area (Å²) in [6.07, 6.45) is 2.03. The Bertz CT molecular complexity index is 556. The van der Waals surface area contributed by atoms with E-state index in [9.17, 15) is 9.59 Å². The quantitative estimate of drug-likeness (QED) is 0.837. The average molecular weight is 271 g/mol. The number of nitriles is 1. The number of anilines is 1. The Morgan fingerprint density at radius 2 is 1.95 bits per heavy atom. The number of hydrogen-bond donors (Lipinski definition) is 0. The molecule has 0 N–H and O–H groups in total. The predicted octanol–water partition coefficient (Wildman–Crippen LogP) is 1.53. The third kappa shape index (κ3) is 2.97. The van der Waals surface area contributed by atoms with Crippen LogP contribution >= 0.6 is 0 Å². The highest BCUT2D eigenvalue weighted by molar-refractivity contribution is 5.98. The summed E-state index contributed by atoms with van der Waals surface area (Å²) in [7, 11) is 0. The minimum absolute atomic E-state index is 0.00593. The summed E-state index contributed by atoms with van der Waals surface area (Å²) in [5.41, 5.74) is 0.895. The third-order valence-corrected chi connectivity index (χ3v) is 3.45. The minimum Gasteiger partial charge on any atom is -0.341 e. The van der Waals surface area contributed by atoms with Crippen LogP contribution in [0.4, 0.5) is 5.69 Å². The summed E-state index contributed by atoms with van der Waals surface area (Å²) in [6.45, 7) is 2.91. The molecule has 1 aliphatic rings. The van der Waals surface area contributed by atoms with Gasteiger partial charge < -0.3 is 9.80 Å². The van der Waals surface area contributed by atoms with Crippen molar-refractivity contribution in [1.82, 2.24) is 4.90 Å². The van der Waals surface area contributed by atoms with E-state index >= 15 is 0 Å². The van der Waals surface area contributed by atoms with E-state index in [-0.39, 0.29) is 18.4 Å². The van der Waals surface area contributed by atoms with Crippen LogP contribution in [0.15, 0.2) is 24.3 Å². The van der Waals surface area contributed by atoms with Crippen LogP contribution in [-0.4, -0.2) is 36.3 Å². The second kappa shape index (κ2) is 6.20. The van der Waals surface area contributed by atoms with Gasteiger partial charge in [0.2, 0.25) is 11.8 Å². The molecule has 0 atom stereocenters. The molecule has 0 unspecified atom stereocenters. The van der Waals surface area contributed by atoms with Crippen LogP contribution in [0.3, 0.4) is 0 Å². The molecule has 2 amide bonds. The van der Waals surface area contributed by atoms with Crippen molar-refractivity contribution in [2.75, 3.05) is 24.5 Å². The van der Waals surface area contributed by atoms with Gasteiger partial charge in [0.15, 0.2) is 0 Å². The first kappa shape index (κ1) is 14.1. The normalized spacial score (nSPS) is 13.9. The number of para-hydroxylation sites is 1. The summed E-state index contributed by atoms with van der Waals surface area (Å²) in [5.74, 6) is -0.300. The van der Waals surface area contributed by atoms with Crippen LogP contribution in [0.25, 0.3) is 0 Å². The van der Waals surface area contributed by atoms with Gasteiger partial charge in [0.1, 0.15) is 12.6 Å². The first-order valence-corrected chi connectivity index (χ1v) is 6.68. The topological polar surface area (TPSA) is 64.4 Å². The number of carbonyl (C=O) groups excluding carboxylic acids is 2. The Labute approximate surface area is 118 Å². The number of rotatable bonds is 3. The first-order chi connectivity index (χ1) is 9.63. The summed E-state index contributed by atoms with van der Waals surface area (Å²) in [6, 6.07) is 8.89. The van der Waals surface area contributed by atoms with Crippen molar-refractivity contribution in [2.24, 2.45) is 0 Å². The van der Waals surface area contributed by atoms with Gasteiger partial charge in [0, 0.05) is 20.0 Å². The lowest BCUT2D eigenvalue weighted by Crippen LogP contribution is -2.41. The standard InChI is InChI=1S/C15H17N3O2/c1-12(19)18(11-15(20)17-8-4-5-9-17)14-7-3-2-6-13(14)10-16/h2-3,6-7H,4-5,8-9,11H2,1H3. The summed E-state index contributed by atoms with van der Waals surface area (Å²) < 4.78 is 0. The molecule has 1 aliphatic heterocycles. The van der Waals surface area contributed by atoms with E-state index in [1.165, 1.54) is 11.8 Å². The molecule has 0 saturated carbocycles. The molecular formula is C15H17N3O2. The lowest BCUT2D eigenvalue weighted by atomic mass is 10.1. The maximum Gasteiger partial charge on any atom is 0.242 e. The van der Waals surface area contributed by atoms with Gasteiger partial charge in [-0.05, 0) is 25.0 Å². The van der Waals surface area contributed by atoms with Crippen LogP contribution in [0.5, 0.6) is 0 Å². The van der Waals surface area contributed by atoms with Gasteiger partial charge in [0.25, 0.3) is 0 Å². The van der Waals surface area contributed by atoms with E-state index < -0.39 is 0 Å². The van der Waals surface area contributed by atoms with E-state index in [2.05, 4.69) is 6.07 Å². The van der Waals surface area contributed by atoms with E-state index in [0.29, 0.717) is 11.3 Å². The van der Waals surface area contributed by atoms with E-state index in [0.717, 1.165) is 25.9 Å². The van der Waals surface area contributed by atoms with Crippen LogP contribution in [0.2, 0.25) is 0 Å². The Kier molecular flexibility index (Phi) is 4.36. The smallest absolute Gasteiger partial charge is 0.242 e. The molecular weight excluding hydrogens is 254 g/mol. The monoisotopic (exact) mass is 271 g/mol. The van der Waals surface area contributed by atoms with Gasteiger partial charge in [0.05, 0.1) is 11.3 Å². The summed E-state index contributed by atoms with van der Waals surface area (Å²) in [5, 5.41) is 9.11. The lowest BCUT2D eigenvalue weighted by Gasteiger charge is -2.24. The number of hydrogen-bond acceptors (Lipinski definition) is 3. The molecule has 5 heteroatoms. The highest BCUT2D eigenvalue weighted by atomic mass is 16.2. The summed E-state index contributed by atoms with van der Waals surface area (Å²) in [4.78, 5) is 27.1. The van der Waals surface area contributed by atoms with Crippen LogP contribution in [0, 0.1) is 11.3 Å². The van der Waals surface area contributed by atoms with Gasteiger partial charge >= 0.3 is 0 Å². The van der Waals surface area contributed by atoms with Crippen molar-refractivity contribution < 1.29 is 9.59 Å². The van der Waals surface area contributed by atoms with Crippen molar-refractivity contribution in [2.45, 2.75) is 19.8 Å². The predicted molar refractivity (Wildman–Crippen MR) is 75.0 cm³/mol. The van der Waals surface area contributed by atoms with Crippen molar-refractivity contribution in [1.29, 1.82) is 5.26 Å². The number of carbonyl (C=O) groups is 2. The number of amides is 2. The molecule has 1 heterocycles. The highest BCUT2D eigenvalue weighted by Gasteiger charge is 2.23. The number of benzene rings is 1. The lowest BCUT2D eigenvalue weighted by molar-refractivity contribution is -0.130. The van der Waals surface area contributed by atoms with E-state index in [1.807, 2.05) is 0 Å². The van der Waals surface area contributed by atoms with E-state index in [1.54, 1.807) is 29.2 Å². The molecule has 0 bridgehead atoms. The Hall–Kier alpha value is -2.35. The zero-order valence-corrected chi connectivity index (χ0v) is 11.5. The molecule has 20 heavy (non-hydrogen) atoms. The van der Waals surface area contributed by atoms with Crippen LogP contribution in [-0.2, 0) is 9.59 Å². The largest absolute Gasteiger partial charge is 0.341 e. The number of likely N-dealkylation sites (tertiary alicyclic amines) is 1. The van der Waals surface area contributed by atoms with E-state index in [4.69, 9.17) is 5.26 Å². The van der Waals surface area contributed by atoms with Crippen LogP contribution in [0.1, 0.15) is 25.3 Å². The van der Waals surface area contributed by atoms with Gasteiger partial charge in [-0.3, -0.25) is 9.59 Å². The molecule has 0 radical (unpaired) electrons. The Morgan fingerprint density at radius 1 is 1.30 bits per heavy atom. The van der Waals surface area contributed by atoms with Gasteiger partial charge in [-0.1, -0.05) is 12.1 Å². The first-order valence-electron chi connectivity index (χ1n) is 6.68. The maximum absolute atomic E-state index is 12.2. The zero-order valence-electron chi connectivity index (χ0n) is 11.5. The molecule has 104 valence electrons. The van der Waals surface area contributed by atoms with Crippen molar-refractivity contribution in [3.8, 4) is 6.07 Å².